The van der Waals surface area contributed by atoms with Gasteiger partial charge in [-0.3, -0.25) is 4.68 Å². The summed E-state index contributed by atoms with van der Waals surface area (Å²) in [6.45, 7) is 17.1. The van der Waals surface area contributed by atoms with Gasteiger partial charge >= 0.3 is 0 Å². The molecule has 0 spiro atoms. The zero-order valence-corrected chi connectivity index (χ0v) is 65.0. The molecular weight excluding hydrogens is 2070 g/mol. The summed E-state index contributed by atoms with van der Waals surface area (Å²) in [6.07, 6.45) is 11.1. The molecule has 0 N–H and O–H groups in total. The summed E-state index contributed by atoms with van der Waals surface area (Å²) < 4.78 is 3.68. The Labute approximate surface area is 626 Å². The number of nitrogens with zero attached hydrogens (tertiary/aromatic N) is 14. The number of benzene rings is 9. The monoisotopic (exact) mass is 2140 g/mol. The van der Waals surface area contributed by atoms with E-state index in [0.29, 0.717) is 11.8 Å². The summed E-state index contributed by atoms with van der Waals surface area (Å²) in [4.78, 5) is 21.3. The van der Waals surface area contributed by atoms with Crippen molar-refractivity contribution < 1.29 is 101 Å². The van der Waals surface area contributed by atoms with Crippen molar-refractivity contribution in [1.29, 1.82) is 0 Å². The van der Waals surface area contributed by atoms with Crippen LogP contribution in [0.3, 0.4) is 0 Å². The standard InChI is InChI=1S/C20H23N4.C17H12N4.C15H11N2.C14H12N2.C10H10N2.5Ir/c1-13(2)17-11-15(5)12-18(14(3)4)19(17)24-20(21-22-23-24)16-9-7-6-8-10-16;1-3-7-14(8-4-1)20-13-21(15-9-5-2-6-10-15)17-16(20)18-11-12-19-17;1-2-6-13(7-3-1)14-8-4-9-15(12-14)17-11-5-10-16-17;1-15-11-16(12-7-3-2-4-8-12)14-10-6-5-9-13(14)15;1-11-7-8-12(9-11)10-5-3-2-4-6-10;;;;;/h6-9,11-14H,1-5H3;1-9,11-13H;1-8,10-12H;2-7,9-11H,1H3;2-5,7-9H,1H3;;;;;/q-1;-2;-1;2*-2;;;;;. The zero-order valence-electron chi connectivity index (χ0n) is 53.1. The molecule has 14 nitrogen and oxygen atoms in total. The minimum absolute atomic E-state index is 0. The molecule has 0 unspecified atom stereocenters. The van der Waals surface area contributed by atoms with E-state index in [1.807, 2.05) is 220 Å². The SMILES string of the molecule is CN1C=CN(c2[c-]cccc2)[CH-]1.CN1[CH-]N(c2[c-]cccc2)c2ccccc21.Cc1cc(C(C)C)c(-n2nnnc2-c2[c-]cccc2)c(C(C)C)c1.[Ir].[Ir].[Ir].[Ir].[Ir].[c-]1ccc(-c2ccccc2)cc1-n1cccn1.[c-]1ccccc1N1[CH-]N(c2ccccc2)c2nccnc21. The predicted octanol–water partition coefficient (Wildman–Crippen LogP) is 16.7. The van der Waals surface area contributed by atoms with Crippen LogP contribution in [0.25, 0.3) is 33.9 Å². The minimum Gasteiger partial charge on any atom is -0.510 e. The molecule has 0 saturated carbocycles. The minimum atomic E-state index is 0. The van der Waals surface area contributed by atoms with Crippen molar-refractivity contribution in [3.8, 4) is 33.9 Å². The van der Waals surface area contributed by atoms with Gasteiger partial charge in [0.05, 0.1) is 5.69 Å². The molecule has 95 heavy (non-hydrogen) atoms. The van der Waals surface area contributed by atoms with E-state index in [9.17, 15) is 0 Å². The number of tetrazole rings is 1. The van der Waals surface area contributed by atoms with Crippen molar-refractivity contribution in [3.63, 3.8) is 0 Å². The van der Waals surface area contributed by atoms with Gasteiger partial charge in [-0.1, -0.05) is 106 Å². The summed E-state index contributed by atoms with van der Waals surface area (Å²) in [7, 11) is 4.06. The van der Waals surface area contributed by atoms with Crippen molar-refractivity contribution in [1.82, 2.24) is 44.9 Å². The molecule has 0 amide bonds. The quantitative estimate of drug-likeness (QED) is 0.122. The van der Waals surface area contributed by atoms with Crippen LogP contribution in [0, 0.1) is 57.3 Å². The Kier molecular flexibility index (Phi) is 30.0. The Morgan fingerprint density at radius 3 is 1.56 bits per heavy atom. The molecule has 0 atom stereocenters. The summed E-state index contributed by atoms with van der Waals surface area (Å²) in [5.74, 6) is 3.12. The smallest absolute Gasteiger partial charge is 0.145 e. The van der Waals surface area contributed by atoms with Gasteiger partial charge in [0.15, 0.2) is 0 Å². The number of aryl methyl sites for hydroxylation is 1. The Morgan fingerprint density at radius 2 is 1.00 bits per heavy atom. The molecule has 495 valence electrons. The second-order valence-electron chi connectivity index (χ2n) is 21.8. The summed E-state index contributed by atoms with van der Waals surface area (Å²) in [5, 5.41) is 16.7. The molecular formula is C76H68Ir5N14-8. The Hall–Kier alpha value is -7.87. The van der Waals surface area contributed by atoms with Gasteiger partial charge in [-0.2, -0.15) is 133 Å². The van der Waals surface area contributed by atoms with Crippen LogP contribution < -0.4 is 24.5 Å². The third-order valence-electron chi connectivity index (χ3n) is 14.7. The van der Waals surface area contributed by atoms with E-state index < -0.39 is 0 Å². The number of hydrogen-bond acceptors (Lipinski definition) is 12. The number of anilines is 8. The van der Waals surface area contributed by atoms with Gasteiger partial charge in [0.2, 0.25) is 0 Å². The maximum absolute atomic E-state index is 4.47. The van der Waals surface area contributed by atoms with Gasteiger partial charge in [0, 0.05) is 142 Å². The average Bonchev–Trinajstić information content (AvgIpc) is 1.75. The first kappa shape index (κ1) is 76.1. The van der Waals surface area contributed by atoms with Gasteiger partial charge in [-0.05, 0) is 108 Å². The average molecular weight is 2140 g/mol. The Balaban J connectivity index is 0.000000188. The molecule has 0 bridgehead atoms. The van der Waals surface area contributed by atoms with Gasteiger partial charge < -0.3 is 29.4 Å². The largest absolute Gasteiger partial charge is 0.510 e. The van der Waals surface area contributed by atoms with E-state index >= 15 is 0 Å². The second-order valence-corrected chi connectivity index (χ2v) is 21.8. The van der Waals surface area contributed by atoms with Crippen LogP contribution in [0.5, 0.6) is 0 Å². The molecule has 3 aliphatic rings. The predicted molar refractivity (Wildman–Crippen MR) is 362 cm³/mol. The summed E-state index contributed by atoms with van der Waals surface area (Å²) in [5.41, 5.74) is 15.7. The zero-order chi connectivity index (χ0) is 62.2. The van der Waals surface area contributed by atoms with E-state index in [1.54, 1.807) is 18.6 Å². The number of para-hydroxylation sites is 6. The Bertz CT molecular complexity index is 4120. The van der Waals surface area contributed by atoms with E-state index in [2.05, 4.69) is 186 Å². The van der Waals surface area contributed by atoms with Crippen molar-refractivity contribution in [3.05, 3.63) is 323 Å². The van der Waals surface area contributed by atoms with Gasteiger partial charge in [0.25, 0.3) is 0 Å². The van der Waals surface area contributed by atoms with Crippen LogP contribution in [0.4, 0.5) is 45.8 Å². The van der Waals surface area contributed by atoms with E-state index in [0.717, 1.165) is 57.1 Å². The van der Waals surface area contributed by atoms with Crippen molar-refractivity contribution in [2.45, 2.75) is 46.5 Å². The van der Waals surface area contributed by atoms with Gasteiger partial charge in [-0.15, -0.1) is 71.3 Å². The van der Waals surface area contributed by atoms with Crippen LogP contribution in [-0.4, -0.2) is 59.0 Å². The first-order valence-electron chi connectivity index (χ1n) is 29.7. The number of rotatable bonds is 10. The molecule has 9 aromatic carbocycles. The summed E-state index contributed by atoms with van der Waals surface area (Å²) in [6, 6.07) is 88.8. The molecule has 5 radical (unpaired) electrons. The fourth-order valence-corrected chi connectivity index (χ4v) is 10.3. The molecule has 0 fully saturated rings. The topological polar surface area (TPSA) is 107 Å². The molecule has 15 rings (SSSR count). The maximum atomic E-state index is 4.47. The summed E-state index contributed by atoms with van der Waals surface area (Å²) >= 11 is 0. The van der Waals surface area contributed by atoms with Crippen LogP contribution in [0.2, 0.25) is 0 Å². The Morgan fingerprint density at radius 1 is 0.453 bits per heavy atom. The van der Waals surface area contributed by atoms with Crippen molar-refractivity contribution in [2.24, 2.45) is 0 Å². The molecule has 19 heteroatoms. The molecule has 0 saturated heterocycles. The maximum Gasteiger partial charge on any atom is 0.145 e. The molecule has 12 aromatic rings. The second kappa shape index (κ2) is 37.4. The fourth-order valence-electron chi connectivity index (χ4n) is 10.3. The first-order chi connectivity index (χ1) is 44.1. The van der Waals surface area contributed by atoms with E-state index in [4.69, 9.17) is 0 Å². The third kappa shape index (κ3) is 19.2. The van der Waals surface area contributed by atoms with Gasteiger partial charge in [-0.25, -0.2) is 14.6 Å². The first-order valence-corrected chi connectivity index (χ1v) is 29.7. The van der Waals surface area contributed by atoms with Crippen molar-refractivity contribution >= 4 is 45.8 Å². The molecule has 0 aliphatic carbocycles. The van der Waals surface area contributed by atoms with Crippen LogP contribution in [0.1, 0.15) is 56.2 Å². The van der Waals surface area contributed by atoms with Crippen LogP contribution in [-0.2, 0) is 101 Å². The number of hydrogen-bond donors (Lipinski definition) is 0. The van der Waals surface area contributed by atoms with Crippen LogP contribution in [0.15, 0.2) is 256 Å². The fraction of sp³-hybridized carbons (Fsp3) is 0.118. The van der Waals surface area contributed by atoms with E-state index in [1.165, 1.54) is 39.2 Å². The normalized spacial score (nSPS) is 12.1. The van der Waals surface area contributed by atoms with Crippen LogP contribution >= 0.6 is 0 Å². The number of fused-ring (bicyclic) bond motifs is 2. The van der Waals surface area contributed by atoms with Crippen molar-refractivity contribution in [2.75, 3.05) is 38.6 Å². The van der Waals surface area contributed by atoms with Gasteiger partial charge in [0.1, 0.15) is 17.5 Å². The molecule has 3 aliphatic heterocycles. The molecule has 3 aromatic heterocycles. The molecule has 6 heterocycles. The van der Waals surface area contributed by atoms with E-state index in [-0.39, 0.29) is 101 Å². The third-order valence-corrected chi connectivity index (χ3v) is 14.7. The number of aromatic nitrogens is 8.